The van der Waals surface area contributed by atoms with Gasteiger partial charge in [-0.3, -0.25) is 0 Å². The maximum Gasteiger partial charge on any atom is 0.341 e. The Kier molecular flexibility index (Phi) is 5.29. The molecule has 2 heterocycles. The monoisotopic (exact) mass is 278 g/mol. The molecule has 1 aliphatic rings. The van der Waals surface area contributed by atoms with Gasteiger partial charge < -0.3 is 15.0 Å². The van der Waals surface area contributed by atoms with Crippen molar-refractivity contribution in [2.24, 2.45) is 5.92 Å². The molecule has 0 spiro atoms. The van der Waals surface area contributed by atoms with Crippen molar-refractivity contribution < 1.29 is 9.53 Å². The Balaban J connectivity index is 1.89. The Labute approximate surface area is 119 Å². The third kappa shape index (κ3) is 3.66. The molecule has 0 saturated carbocycles. The van der Waals surface area contributed by atoms with Crippen LogP contribution in [0.2, 0.25) is 0 Å². The van der Waals surface area contributed by atoms with Gasteiger partial charge in [-0.15, -0.1) is 0 Å². The topological polar surface area (TPSA) is 67.4 Å². The van der Waals surface area contributed by atoms with Gasteiger partial charge in [-0.25, -0.2) is 14.8 Å². The second-order valence-corrected chi connectivity index (χ2v) is 5.00. The summed E-state index contributed by atoms with van der Waals surface area (Å²) in [5.74, 6) is 1.03. The van der Waals surface area contributed by atoms with Gasteiger partial charge >= 0.3 is 5.97 Å². The third-order valence-corrected chi connectivity index (χ3v) is 3.64. The number of rotatable bonds is 5. The van der Waals surface area contributed by atoms with Gasteiger partial charge in [-0.05, 0) is 31.8 Å². The number of carbonyl (C=O) groups excluding carboxylic acids is 1. The molecule has 1 fully saturated rings. The molecule has 0 atom stereocenters. The van der Waals surface area contributed by atoms with Gasteiger partial charge in [0.25, 0.3) is 0 Å². The largest absolute Gasteiger partial charge is 0.465 e. The lowest BCUT2D eigenvalue weighted by molar-refractivity contribution is 0.0600. The summed E-state index contributed by atoms with van der Waals surface area (Å²) in [5.41, 5.74) is 0.387. The molecule has 1 aromatic rings. The molecule has 0 aromatic carbocycles. The average Bonchev–Trinajstić information content (AvgIpc) is 2.53. The fourth-order valence-electron chi connectivity index (χ4n) is 2.39. The minimum atomic E-state index is -0.402. The first kappa shape index (κ1) is 14.7. The zero-order valence-corrected chi connectivity index (χ0v) is 12.1. The van der Waals surface area contributed by atoms with Crippen molar-refractivity contribution in [3.63, 3.8) is 0 Å². The highest BCUT2D eigenvalue weighted by Crippen LogP contribution is 2.19. The number of nitrogens with zero attached hydrogens (tertiary/aromatic N) is 3. The number of ether oxygens (including phenoxy) is 1. The van der Waals surface area contributed by atoms with Gasteiger partial charge in [0.05, 0.1) is 12.7 Å². The number of esters is 1. The molecule has 1 saturated heterocycles. The molecular formula is C14H22N4O2. The molecule has 110 valence electrons. The van der Waals surface area contributed by atoms with E-state index in [9.17, 15) is 4.79 Å². The predicted molar refractivity (Wildman–Crippen MR) is 76.9 cm³/mol. The molecule has 0 unspecified atom stereocenters. The molecule has 0 amide bonds. The number of aromatic nitrogens is 2. The van der Waals surface area contributed by atoms with Gasteiger partial charge in [0, 0.05) is 25.5 Å². The number of nitrogens with one attached hydrogen (secondary N) is 1. The quantitative estimate of drug-likeness (QED) is 0.813. The van der Waals surface area contributed by atoms with Crippen molar-refractivity contribution in [2.75, 3.05) is 38.2 Å². The van der Waals surface area contributed by atoms with Gasteiger partial charge in [-0.2, -0.15) is 0 Å². The minimum Gasteiger partial charge on any atom is -0.465 e. The van der Waals surface area contributed by atoms with Crippen LogP contribution in [-0.4, -0.2) is 49.2 Å². The summed E-state index contributed by atoms with van der Waals surface area (Å²) in [6.07, 6.45) is 5.35. The smallest absolute Gasteiger partial charge is 0.341 e. The van der Waals surface area contributed by atoms with E-state index in [1.54, 1.807) is 0 Å². The molecule has 0 bridgehead atoms. The number of carbonyl (C=O) groups is 1. The lowest BCUT2D eigenvalue weighted by atomic mass is 9.97. The number of piperidine rings is 1. The molecule has 20 heavy (non-hydrogen) atoms. The molecule has 1 N–H and O–H groups in total. The SMILES string of the molecule is CCNCC1CCN(c2ncc(C(=O)OC)cn2)CC1. The standard InChI is InChI=1S/C14H22N4O2/c1-3-15-8-11-4-6-18(7-5-11)14-16-9-12(10-17-14)13(19)20-2/h9-11,15H,3-8H2,1-2H3. The van der Waals surface area contributed by atoms with E-state index in [0.29, 0.717) is 11.5 Å². The number of methoxy groups -OCH3 is 1. The Bertz CT molecular complexity index is 427. The summed E-state index contributed by atoms with van der Waals surface area (Å²) in [6.45, 7) is 6.18. The van der Waals surface area contributed by atoms with Crippen LogP contribution in [0.3, 0.4) is 0 Å². The van der Waals surface area contributed by atoms with Crippen LogP contribution in [0, 0.1) is 5.92 Å². The molecule has 1 aromatic heterocycles. The van der Waals surface area contributed by atoms with Crippen LogP contribution in [-0.2, 0) is 4.74 Å². The maximum atomic E-state index is 11.3. The Morgan fingerprint density at radius 1 is 1.40 bits per heavy atom. The average molecular weight is 278 g/mol. The first-order chi connectivity index (χ1) is 9.74. The van der Waals surface area contributed by atoms with Crippen LogP contribution < -0.4 is 10.2 Å². The summed E-state index contributed by atoms with van der Waals surface area (Å²) < 4.78 is 4.63. The van der Waals surface area contributed by atoms with Gasteiger partial charge in [0.1, 0.15) is 0 Å². The molecule has 2 rings (SSSR count). The summed E-state index contributed by atoms with van der Waals surface area (Å²) in [4.78, 5) is 22.0. The minimum absolute atomic E-state index is 0.387. The van der Waals surface area contributed by atoms with Crippen molar-refractivity contribution in [3.05, 3.63) is 18.0 Å². The van der Waals surface area contributed by atoms with Crippen LogP contribution in [0.15, 0.2) is 12.4 Å². The van der Waals surface area contributed by atoms with Gasteiger partial charge in [0.2, 0.25) is 5.95 Å². The fraction of sp³-hybridized carbons (Fsp3) is 0.643. The maximum absolute atomic E-state index is 11.3. The zero-order chi connectivity index (χ0) is 14.4. The Morgan fingerprint density at radius 2 is 2.05 bits per heavy atom. The first-order valence-corrected chi connectivity index (χ1v) is 7.10. The van der Waals surface area contributed by atoms with E-state index in [0.717, 1.165) is 44.9 Å². The highest BCUT2D eigenvalue weighted by Gasteiger charge is 2.20. The van der Waals surface area contributed by atoms with Crippen molar-refractivity contribution in [1.82, 2.24) is 15.3 Å². The van der Waals surface area contributed by atoms with E-state index in [1.807, 2.05) is 0 Å². The number of hydrogen-bond donors (Lipinski definition) is 1. The number of anilines is 1. The highest BCUT2D eigenvalue weighted by atomic mass is 16.5. The van der Waals surface area contributed by atoms with Crippen LogP contribution in [0.5, 0.6) is 0 Å². The van der Waals surface area contributed by atoms with Gasteiger partial charge in [-0.1, -0.05) is 6.92 Å². The van der Waals surface area contributed by atoms with E-state index in [4.69, 9.17) is 0 Å². The molecule has 6 nitrogen and oxygen atoms in total. The molecule has 0 radical (unpaired) electrons. The lowest BCUT2D eigenvalue weighted by Gasteiger charge is -2.32. The summed E-state index contributed by atoms with van der Waals surface area (Å²) in [6, 6.07) is 0. The number of hydrogen-bond acceptors (Lipinski definition) is 6. The van der Waals surface area contributed by atoms with E-state index < -0.39 is 5.97 Å². The van der Waals surface area contributed by atoms with Gasteiger partial charge in [0.15, 0.2) is 0 Å². The molecular weight excluding hydrogens is 256 g/mol. The zero-order valence-electron chi connectivity index (χ0n) is 12.1. The van der Waals surface area contributed by atoms with Crippen molar-refractivity contribution in [2.45, 2.75) is 19.8 Å². The fourth-order valence-corrected chi connectivity index (χ4v) is 2.39. The Hall–Kier alpha value is -1.69. The lowest BCUT2D eigenvalue weighted by Crippen LogP contribution is -2.38. The predicted octanol–water partition coefficient (Wildman–Crippen LogP) is 1.09. The summed E-state index contributed by atoms with van der Waals surface area (Å²) in [7, 11) is 1.35. The Morgan fingerprint density at radius 3 is 2.60 bits per heavy atom. The van der Waals surface area contributed by atoms with Crippen LogP contribution in [0.25, 0.3) is 0 Å². The second-order valence-electron chi connectivity index (χ2n) is 5.00. The van der Waals surface area contributed by atoms with Crippen molar-refractivity contribution in [1.29, 1.82) is 0 Å². The van der Waals surface area contributed by atoms with Crippen molar-refractivity contribution >= 4 is 11.9 Å². The van der Waals surface area contributed by atoms with E-state index >= 15 is 0 Å². The van der Waals surface area contributed by atoms with E-state index in [-0.39, 0.29) is 0 Å². The molecule has 6 heteroatoms. The van der Waals surface area contributed by atoms with Crippen LogP contribution in [0.1, 0.15) is 30.1 Å². The van der Waals surface area contributed by atoms with Crippen LogP contribution >= 0.6 is 0 Å². The summed E-state index contributed by atoms with van der Waals surface area (Å²) in [5, 5.41) is 3.40. The summed E-state index contributed by atoms with van der Waals surface area (Å²) >= 11 is 0. The van der Waals surface area contributed by atoms with E-state index in [2.05, 4.69) is 31.8 Å². The third-order valence-electron chi connectivity index (χ3n) is 3.64. The highest BCUT2D eigenvalue weighted by molar-refractivity contribution is 5.88. The molecule has 1 aliphatic heterocycles. The first-order valence-electron chi connectivity index (χ1n) is 7.10. The second kappa shape index (κ2) is 7.19. The van der Waals surface area contributed by atoms with E-state index in [1.165, 1.54) is 19.5 Å². The van der Waals surface area contributed by atoms with Crippen molar-refractivity contribution in [3.8, 4) is 0 Å². The normalized spacial score (nSPS) is 16.2. The molecule has 0 aliphatic carbocycles. The van der Waals surface area contributed by atoms with Crippen LogP contribution in [0.4, 0.5) is 5.95 Å².